The minimum Gasteiger partial charge on any atom is -0.480 e. The maximum atomic E-state index is 12.4. The largest absolute Gasteiger partial charge is 0.480 e. The minimum atomic E-state index is -1.00. The second-order valence-electron chi connectivity index (χ2n) is 7.80. The molecule has 2 rings (SSSR count). The number of carboxylic acids is 2. The predicted molar refractivity (Wildman–Crippen MR) is 112 cm³/mol. The van der Waals surface area contributed by atoms with Gasteiger partial charge in [-0.3, -0.25) is 24.6 Å². The summed E-state index contributed by atoms with van der Waals surface area (Å²) >= 11 is 0. The number of nitrogens with one attached hydrogen (secondary N) is 2. The lowest BCUT2D eigenvalue weighted by Crippen LogP contribution is -2.53. The van der Waals surface area contributed by atoms with Crippen molar-refractivity contribution < 1.29 is 24.6 Å². The van der Waals surface area contributed by atoms with Gasteiger partial charge in [0.2, 0.25) is 5.91 Å². The molecule has 0 spiro atoms. The lowest BCUT2D eigenvalue weighted by Gasteiger charge is -2.25. The van der Waals surface area contributed by atoms with E-state index >= 15 is 0 Å². The van der Waals surface area contributed by atoms with Gasteiger partial charge < -0.3 is 21.3 Å². The van der Waals surface area contributed by atoms with E-state index in [0.717, 1.165) is 12.0 Å². The van der Waals surface area contributed by atoms with Crippen molar-refractivity contribution in [1.82, 2.24) is 15.5 Å². The fourth-order valence-corrected chi connectivity index (χ4v) is 3.69. The van der Waals surface area contributed by atoms with Crippen LogP contribution in [0.2, 0.25) is 0 Å². The molecule has 2 unspecified atom stereocenters. The van der Waals surface area contributed by atoms with Crippen LogP contribution in [-0.4, -0.2) is 76.8 Å². The molecule has 0 aliphatic carbocycles. The molecule has 1 aliphatic heterocycles. The van der Waals surface area contributed by atoms with Crippen molar-refractivity contribution in [3.8, 4) is 0 Å². The first-order valence-corrected chi connectivity index (χ1v) is 10.3. The standard InChI is InChI=1S/C21H32N4O5/c1-14(24-17(20(27)28)10-9-15-6-3-2-4-7-15)19(26)23-12-16(22)13-25-11-5-8-18(25)21(29)30/h2-4,6-7,14,16-18,24H,5,8-13,22H2,1H3,(H,23,26)(H,27,28)(H,29,30)/t14-,16?,17?,18-/m0/s1. The van der Waals surface area contributed by atoms with Crippen LogP contribution in [0.15, 0.2) is 30.3 Å². The Kier molecular flexibility index (Phi) is 9.22. The van der Waals surface area contributed by atoms with Gasteiger partial charge in [-0.15, -0.1) is 0 Å². The Bertz CT molecular complexity index is 715. The number of hydrogen-bond donors (Lipinski definition) is 5. The highest BCUT2D eigenvalue weighted by Crippen LogP contribution is 2.17. The number of nitrogens with zero attached hydrogens (tertiary/aromatic N) is 1. The SMILES string of the molecule is C[C@H](NC(CCc1ccccc1)C(=O)O)C(=O)NCC(N)CN1CCC[C@H]1C(=O)O. The van der Waals surface area contributed by atoms with E-state index in [0.29, 0.717) is 32.4 Å². The van der Waals surface area contributed by atoms with Crippen molar-refractivity contribution in [2.45, 2.75) is 56.8 Å². The number of carboxylic acid groups (broad SMARTS) is 2. The van der Waals surface area contributed by atoms with E-state index in [1.54, 1.807) is 6.92 Å². The number of carbonyl (C=O) groups is 3. The van der Waals surface area contributed by atoms with E-state index in [2.05, 4.69) is 10.6 Å². The molecule has 166 valence electrons. The van der Waals surface area contributed by atoms with Crippen LogP contribution >= 0.6 is 0 Å². The third kappa shape index (κ3) is 7.40. The summed E-state index contributed by atoms with van der Waals surface area (Å²) in [6.07, 6.45) is 2.37. The first kappa shape index (κ1) is 23.8. The Balaban J connectivity index is 1.76. The minimum absolute atomic E-state index is 0.190. The van der Waals surface area contributed by atoms with Gasteiger partial charge >= 0.3 is 11.9 Å². The number of benzene rings is 1. The van der Waals surface area contributed by atoms with Gasteiger partial charge in [0.15, 0.2) is 0 Å². The van der Waals surface area contributed by atoms with Crippen LogP contribution in [0.5, 0.6) is 0 Å². The fourth-order valence-electron chi connectivity index (χ4n) is 3.69. The summed E-state index contributed by atoms with van der Waals surface area (Å²) in [7, 11) is 0. The van der Waals surface area contributed by atoms with Gasteiger partial charge in [0, 0.05) is 19.1 Å². The number of amides is 1. The zero-order valence-corrected chi connectivity index (χ0v) is 17.3. The van der Waals surface area contributed by atoms with Crippen molar-refractivity contribution in [3.63, 3.8) is 0 Å². The lowest BCUT2D eigenvalue weighted by atomic mass is 10.0. The Morgan fingerprint density at radius 3 is 2.57 bits per heavy atom. The first-order chi connectivity index (χ1) is 14.3. The molecule has 0 bridgehead atoms. The van der Waals surface area contributed by atoms with Crippen molar-refractivity contribution in [2.24, 2.45) is 5.73 Å². The number of rotatable bonds is 12. The summed E-state index contributed by atoms with van der Waals surface area (Å²) in [6.45, 7) is 2.86. The van der Waals surface area contributed by atoms with Gasteiger partial charge in [0.05, 0.1) is 6.04 Å². The second kappa shape index (κ2) is 11.6. The molecule has 1 amide bonds. The molecule has 1 aliphatic rings. The molecule has 0 saturated carbocycles. The molecule has 1 fully saturated rings. The highest BCUT2D eigenvalue weighted by Gasteiger charge is 2.31. The molecular weight excluding hydrogens is 388 g/mol. The molecule has 0 radical (unpaired) electrons. The Labute approximate surface area is 176 Å². The Morgan fingerprint density at radius 1 is 1.23 bits per heavy atom. The van der Waals surface area contributed by atoms with Gasteiger partial charge in [0.1, 0.15) is 12.1 Å². The summed E-state index contributed by atoms with van der Waals surface area (Å²) in [5, 5.41) is 24.3. The molecule has 1 saturated heterocycles. The van der Waals surface area contributed by atoms with Crippen LogP contribution in [0, 0.1) is 0 Å². The first-order valence-electron chi connectivity index (χ1n) is 10.3. The molecule has 30 heavy (non-hydrogen) atoms. The van der Waals surface area contributed by atoms with E-state index < -0.39 is 36.1 Å². The maximum absolute atomic E-state index is 12.4. The zero-order valence-electron chi connectivity index (χ0n) is 17.3. The van der Waals surface area contributed by atoms with Crippen LogP contribution in [0.1, 0.15) is 31.7 Å². The normalized spacial score (nSPS) is 19.7. The van der Waals surface area contributed by atoms with Crippen LogP contribution in [0.4, 0.5) is 0 Å². The number of hydrogen-bond acceptors (Lipinski definition) is 6. The highest BCUT2D eigenvalue weighted by atomic mass is 16.4. The van der Waals surface area contributed by atoms with E-state index in [-0.39, 0.29) is 12.5 Å². The summed E-state index contributed by atoms with van der Waals surface area (Å²) < 4.78 is 0. The topological polar surface area (TPSA) is 145 Å². The summed E-state index contributed by atoms with van der Waals surface area (Å²) in [4.78, 5) is 37.0. The molecule has 9 nitrogen and oxygen atoms in total. The van der Waals surface area contributed by atoms with Crippen LogP contribution in [-0.2, 0) is 20.8 Å². The Hall–Kier alpha value is -2.49. The number of aliphatic carboxylic acids is 2. The van der Waals surface area contributed by atoms with Crippen molar-refractivity contribution in [1.29, 1.82) is 0 Å². The second-order valence-corrected chi connectivity index (χ2v) is 7.80. The van der Waals surface area contributed by atoms with Gasteiger partial charge in [0.25, 0.3) is 0 Å². The van der Waals surface area contributed by atoms with Crippen LogP contribution < -0.4 is 16.4 Å². The van der Waals surface area contributed by atoms with Crippen molar-refractivity contribution >= 4 is 17.8 Å². The highest BCUT2D eigenvalue weighted by molar-refractivity contribution is 5.82. The van der Waals surface area contributed by atoms with Gasteiger partial charge in [-0.1, -0.05) is 30.3 Å². The lowest BCUT2D eigenvalue weighted by molar-refractivity contribution is -0.142. The third-order valence-electron chi connectivity index (χ3n) is 5.36. The van der Waals surface area contributed by atoms with Gasteiger partial charge in [-0.25, -0.2) is 0 Å². The van der Waals surface area contributed by atoms with E-state index in [4.69, 9.17) is 5.73 Å². The molecule has 1 heterocycles. The molecule has 6 N–H and O–H groups in total. The number of aryl methyl sites for hydroxylation is 1. The number of nitrogens with two attached hydrogens (primary N) is 1. The number of likely N-dealkylation sites (tertiary alicyclic amines) is 1. The molecular formula is C21H32N4O5. The summed E-state index contributed by atoms with van der Waals surface area (Å²) in [6, 6.07) is 7.10. The smallest absolute Gasteiger partial charge is 0.320 e. The average Bonchev–Trinajstić information content (AvgIpc) is 3.18. The molecule has 9 heteroatoms. The predicted octanol–water partition coefficient (Wildman–Crippen LogP) is 0.0430. The zero-order chi connectivity index (χ0) is 22.1. The van der Waals surface area contributed by atoms with Gasteiger partial charge in [-0.2, -0.15) is 0 Å². The van der Waals surface area contributed by atoms with Crippen LogP contribution in [0.25, 0.3) is 0 Å². The Morgan fingerprint density at radius 2 is 1.93 bits per heavy atom. The monoisotopic (exact) mass is 420 g/mol. The van der Waals surface area contributed by atoms with Crippen molar-refractivity contribution in [3.05, 3.63) is 35.9 Å². The average molecular weight is 421 g/mol. The number of carbonyl (C=O) groups excluding carboxylic acids is 1. The summed E-state index contributed by atoms with van der Waals surface area (Å²) in [5.74, 6) is -2.19. The van der Waals surface area contributed by atoms with E-state index in [1.807, 2.05) is 35.2 Å². The fraction of sp³-hybridized carbons (Fsp3) is 0.571. The molecule has 1 aromatic rings. The molecule has 1 aromatic carbocycles. The van der Waals surface area contributed by atoms with E-state index in [9.17, 15) is 24.6 Å². The van der Waals surface area contributed by atoms with Crippen LogP contribution in [0.3, 0.4) is 0 Å². The van der Waals surface area contributed by atoms with E-state index in [1.165, 1.54) is 0 Å². The molecule has 4 atom stereocenters. The maximum Gasteiger partial charge on any atom is 0.320 e. The van der Waals surface area contributed by atoms with Crippen molar-refractivity contribution in [2.75, 3.05) is 19.6 Å². The quantitative estimate of drug-likeness (QED) is 0.319. The third-order valence-corrected chi connectivity index (χ3v) is 5.36. The summed E-state index contributed by atoms with van der Waals surface area (Å²) in [5.41, 5.74) is 7.10. The van der Waals surface area contributed by atoms with Gasteiger partial charge in [-0.05, 0) is 44.7 Å². The molecule has 0 aromatic heterocycles.